The van der Waals surface area contributed by atoms with E-state index in [1.165, 1.54) is 0 Å². The molecular formula is C12H23N3O. The van der Waals surface area contributed by atoms with Gasteiger partial charge in [-0.15, -0.1) is 0 Å². The average Bonchev–Trinajstić information content (AvgIpc) is 2.70. The summed E-state index contributed by atoms with van der Waals surface area (Å²) in [5.74, 6) is 0.478. The maximum atomic E-state index is 12.2. The lowest BCUT2D eigenvalue weighted by Crippen LogP contribution is -2.44. The quantitative estimate of drug-likeness (QED) is 0.726. The molecule has 2 unspecified atom stereocenters. The number of likely N-dealkylation sites (N-methyl/N-ethyl adjacent to an activating group) is 1. The van der Waals surface area contributed by atoms with E-state index in [-0.39, 0.29) is 5.92 Å². The first kappa shape index (κ1) is 11.9. The smallest absolute Gasteiger partial charge is 0.227 e. The highest BCUT2D eigenvalue weighted by molar-refractivity contribution is 5.79. The number of nitrogens with one attached hydrogen (secondary N) is 1. The molecule has 2 fully saturated rings. The van der Waals surface area contributed by atoms with Crippen LogP contribution in [0.4, 0.5) is 0 Å². The molecule has 2 aliphatic heterocycles. The minimum Gasteiger partial charge on any atom is -0.337 e. The van der Waals surface area contributed by atoms with Crippen LogP contribution in [0.1, 0.15) is 20.3 Å². The summed E-state index contributed by atoms with van der Waals surface area (Å²) in [6, 6.07) is 0.454. The molecule has 4 heteroatoms. The van der Waals surface area contributed by atoms with Crippen LogP contribution in [-0.4, -0.2) is 61.0 Å². The lowest BCUT2D eigenvalue weighted by molar-refractivity contribution is -0.136. The van der Waals surface area contributed by atoms with Crippen molar-refractivity contribution in [3.8, 4) is 0 Å². The molecule has 2 aliphatic rings. The molecule has 2 heterocycles. The van der Waals surface area contributed by atoms with Crippen molar-refractivity contribution < 1.29 is 4.79 Å². The van der Waals surface area contributed by atoms with Gasteiger partial charge in [-0.2, -0.15) is 0 Å². The van der Waals surface area contributed by atoms with Crippen molar-refractivity contribution in [3.63, 3.8) is 0 Å². The predicted octanol–water partition coefficient (Wildman–Crippen LogP) is 0.149. The Morgan fingerprint density at radius 3 is 2.94 bits per heavy atom. The van der Waals surface area contributed by atoms with Gasteiger partial charge in [0.05, 0.1) is 0 Å². The maximum Gasteiger partial charge on any atom is 0.227 e. The molecule has 0 saturated carbocycles. The van der Waals surface area contributed by atoms with Gasteiger partial charge in [0, 0.05) is 44.7 Å². The van der Waals surface area contributed by atoms with Crippen molar-refractivity contribution in [2.24, 2.45) is 5.92 Å². The van der Waals surface area contributed by atoms with Crippen molar-refractivity contribution >= 4 is 5.91 Å². The van der Waals surface area contributed by atoms with Crippen LogP contribution in [0.2, 0.25) is 0 Å². The number of amides is 1. The Hall–Kier alpha value is -0.610. The highest BCUT2D eigenvalue weighted by Gasteiger charge is 2.32. The molecule has 0 aromatic rings. The zero-order chi connectivity index (χ0) is 11.5. The first-order valence-corrected chi connectivity index (χ1v) is 6.46. The first-order chi connectivity index (χ1) is 7.72. The molecule has 0 aliphatic carbocycles. The molecule has 0 spiro atoms. The summed E-state index contributed by atoms with van der Waals surface area (Å²) in [5.41, 5.74) is 0. The number of nitrogens with zero attached hydrogens (tertiary/aromatic N) is 2. The molecule has 0 bridgehead atoms. The van der Waals surface area contributed by atoms with E-state index in [9.17, 15) is 4.79 Å². The number of rotatable bonds is 2. The fourth-order valence-corrected chi connectivity index (χ4v) is 2.72. The van der Waals surface area contributed by atoms with Crippen LogP contribution in [0.3, 0.4) is 0 Å². The van der Waals surface area contributed by atoms with Crippen molar-refractivity contribution in [1.29, 1.82) is 0 Å². The molecule has 1 N–H and O–H groups in total. The van der Waals surface area contributed by atoms with Crippen LogP contribution in [0, 0.1) is 5.92 Å². The summed E-state index contributed by atoms with van der Waals surface area (Å²) < 4.78 is 0. The average molecular weight is 225 g/mol. The third kappa shape index (κ3) is 2.38. The van der Waals surface area contributed by atoms with Crippen LogP contribution in [-0.2, 0) is 4.79 Å². The second kappa shape index (κ2) is 5.15. The van der Waals surface area contributed by atoms with Gasteiger partial charge in [-0.1, -0.05) is 13.8 Å². The minimum absolute atomic E-state index is 0.137. The summed E-state index contributed by atoms with van der Waals surface area (Å²) in [4.78, 5) is 16.7. The fraction of sp³-hybridized carbons (Fsp3) is 0.917. The molecule has 0 aromatic carbocycles. The van der Waals surface area contributed by atoms with Gasteiger partial charge in [-0.05, 0) is 13.0 Å². The Bertz CT molecular complexity index is 257. The molecule has 0 radical (unpaired) electrons. The Morgan fingerprint density at radius 2 is 2.25 bits per heavy atom. The van der Waals surface area contributed by atoms with E-state index in [0.717, 1.165) is 45.7 Å². The van der Waals surface area contributed by atoms with E-state index in [1.807, 2.05) is 6.92 Å². The normalized spacial score (nSPS) is 33.1. The van der Waals surface area contributed by atoms with Crippen LogP contribution in [0.15, 0.2) is 0 Å². The minimum atomic E-state index is 0.137. The molecule has 2 atom stereocenters. The van der Waals surface area contributed by atoms with Crippen molar-refractivity contribution in [1.82, 2.24) is 15.1 Å². The van der Waals surface area contributed by atoms with Crippen LogP contribution in [0.5, 0.6) is 0 Å². The van der Waals surface area contributed by atoms with Crippen molar-refractivity contribution in [3.05, 3.63) is 0 Å². The summed E-state index contributed by atoms with van der Waals surface area (Å²) >= 11 is 0. The van der Waals surface area contributed by atoms with Gasteiger partial charge in [0.15, 0.2) is 0 Å². The SMILES string of the molecule is CCN1CCC(N2CCNCC(C)C2=O)C1. The van der Waals surface area contributed by atoms with Crippen LogP contribution in [0.25, 0.3) is 0 Å². The summed E-state index contributed by atoms with van der Waals surface area (Å²) in [6.07, 6.45) is 1.15. The Kier molecular flexibility index (Phi) is 3.82. The van der Waals surface area contributed by atoms with E-state index in [2.05, 4.69) is 22.0 Å². The number of carbonyl (C=O) groups is 1. The van der Waals surface area contributed by atoms with Crippen molar-refractivity contribution in [2.75, 3.05) is 39.3 Å². The highest BCUT2D eigenvalue weighted by Crippen LogP contribution is 2.18. The Balaban J connectivity index is 1.99. The van der Waals surface area contributed by atoms with E-state index in [4.69, 9.17) is 0 Å². The van der Waals surface area contributed by atoms with E-state index >= 15 is 0 Å². The molecule has 2 rings (SSSR count). The van der Waals surface area contributed by atoms with Gasteiger partial charge in [0.1, 0.15) is 0 Å². The fourth-order valence-electron chi connectivity index (χ4n) is 2.72. The predicted molar refractivity (Wildman–Crippen MR) is 64.3 cm³/mol. The second-order valence-electron chi connectivity index (χ2n) is 4.97. The maximum absolute atomic E-state index is 12.2. The van der Waals surface area contributed by atoms with Gasteiger partial charge in [-0.25, -0.2) is 0 Å². The Labute approximate surface area is 98.0 Å². The Morgan fingerprint density at radius 1 is 1.44 bits per heavy atom. The van der Waals surface area contributed by atoms with Gasteiger partial charge in [0.25, 0.3) is 0 Å². The molecule has 16 heavy (non-hydrogen) atoms. The van der Waals surface area contributed by atoms with Gasteiger partial charge < -0.3 is 15.1 Å². The van der Waals surface area contributed by atoms with E-state index in [0.29, 0.717) is 11.9 Å². The molecule has 2 saturated heterocycles. The van der Waals surface area contributed by atoms with Crippen molar-refractivity contribution in [2.45, 2.75) is 26.3 Å². The van der Waals surface area contributed by atoms with Crippen LogP contribution < -0.4 is 5.32 Å². The first-order valence-electron chi connectivity index (χ1n) is 6.46. The zero-order valence-corrected chi connectivity index (χ0v) is 10.4. The summed E-state index contributed by atoms with van der Waals surface area (Å²) in [7, 11) is 0. The summed E-state index contributed by atoms with van der Waals surface area (Å²) in [6.45, 7) is 10.2. The van der Waals surface area contributed by atoms with Gasteiger partial charge in [0.2, 0.25) is 5.91 Å². The van der Waals surface area contributed by atoms with Crippen LogP contribution >= 0.6 is 0 Å². The third-order valence-corrected chi connectivity index (χ3v) is 3.82. The largest absolute Gasteiger partial charge is 0.337 e. The highest BCUT2D eigenvalue weighted by atomic mass is 16.2. The molecule has 0 aromatic heterocycles. The lowest BCUT2D eigenvalue weighted by Gasteiger charge is -2.29. The van der Waals surface area contributed by atoms with E-state index in [1.54, 1.807) is 0 Å². The molecule has 92 valence electrons. The van der Waals surface area contributed by atoms with E-state index < -0.39 is 0 Å². The number of carbonyl (C=O) groups excluding carboxylic acids is 1. The lowest BCUT2D eigenvalue weighted by atomic mass is 10.1. The number of hydrogen-bond donors (Lipinski definition) is 1. The number of hydrogen-bond acceptors (Lipinski definition) is 3. The number of likely N-dealkylation sites (tertiary alicyclic amines) is 1. The molecule has 1 amide bonds. The monoisotopic (exact) mass is 225 g/mol. The molecular weight excluding hydrogens is 202 g/mol. The second-order valence-corrected chi connectivity index (χ2v) is 4.97. The van der Waals surface area contributed by atoms with Gasteiger partial charge in [-0.3, -0.25) is 4.79 Å². The zero-order valence-electron chi connectivity index (χ0n) is 10.4. The van der Waals surface area contributed by atoms with Gasteiger partial charge >= 0.3 is 0 Å². The molecule has 4 nitrogen and oxygen atoms in total. The third-order valence-electron chi connectivity index (χ3n) is 3.82. The summed E-state index contributed by atoms with van der Waals surface area (Å²) in [5, 5.41) is 3.33. The topological polar surface area (TPSA) is 35.6 Å². The standard InChI is InChI=1S/C12H23N3O/c1-3-14-6-4-11(9-14)15-7-5-13-8-10(2)12(15)16/h10-11,13H,3-9H2,1-2H3.